The van der Waals surface area contributed by atoms with E-state index in [2.05, 4.69) is 56.2 Å². The van der Waals surface area contributed by atoms with Crippen LogP contribution in [0.2, 0.25) is 0 Å². The highest BCUT2D eigenvalue weighted by Gasteiger charge is 2.27. The van der Waals surface area contributed by atoms with Gasteiger partial charge in [0, 0.05) is 26.2 Å². The van der Waals surface area contributed by atoms with Gasteiger partial charge in [-0.1, -0.05) is 30.7 Å². The molecule has 0 spiro atoms. The normalized spacial score (nSPS) is 25.0. The monoisotopic (exact) mass is 290 g/mol. The summed E-state index contributed by atoms with van der Waals surface area (Å²) < 4.78 is 5.63. The van der Waals surface area contributed by atoms with Crippen LogP contribution >= 0.6 is 0 Å². The molecule has 3 heteroatoms. The van der Waals surface area contributed by atoms with Gasteiger partial charge < -0.3 is 10.1 Å². The van der Waals surface area contributed by atoms with Gasteiger partial charge in [0.15, 0.2) is 0 Å². The van der Waals surface area contributed by atoms with Crippen molar-refractivity contribution in [1.82, 2.24) is 10.2 Å². The highest BCUT2D eigenvalue weighted by Crippen LogP contribution is 2.24. The van der Waals surface area contributed by atoms with Gasteiger partial charge in [-0.15, -0.1) is 0 Å². The van der Waals surface area contributed by atoms with Crippen molar-refractivity contribution in [3.8, 4) is 0 Å². The number of aryl methyl sites for hydroxylation is 2. The summed E-state index contributed by atoms with van der Waals surface area (Å²) in [5.74, 6) is 0.667. The van der Waals surface area contributed by atoms with E-state index in [0.29, 0.717) is 18.1 Å². The summed E-state index contributed by atoms with van der Waals surface area (Å²) in [7, 11) is 3.90. The zero-order chi connectivity index (χ0) is 15.4. The van der Waals surface area contributed by atoms with Crippen LogP contribution in [-0.2, 0) is 4.74 Å². The smallest absolute Gasteiger partial charge is 0.0724 e. The molecule has 1 aromatic carbocycles. The van der Waals surface area contributed by atoms with Crippen LogP contribution in [0.15, 0.2) is 18.2 Å². The largest absolute Gasteiger partial charge is 0.380 e. The number of ether oxygens (including phenoxy) is 1. The van der Waals surface area contributed by atoms with E-state index in [1.807, 2.05) is 7.11 Å². The summed E-state index contributed by atoms with van der Waals surface area (Å²) in [6.07, 6.45) is 1.59. The Kier molecular flexibility index (Phi) is 5.80. The number of hydrogen-bond donors (Lipinski definition) is 1. The molecular weight excluding hydrogens is 260 g/mol. The summed E-state index contributed by atoms with van der Waals surface area (Å²) >= 11 is 0. The minimum Gasteiger partial charge on any atom is -0.380 e. The summed E-state index contributed by atoms with van der Waals surface area (Å²) in [4.78, 5) is 2.54. The Morgan fingerprint density at radius 1 is 1.38 bits per heavy atom. The molecule has 0 radical (unpaired) electrons. The quantitative estimate of drug-likeness (QED) is 0.902. The number of rotatable bonds is 5. The number of likely N-dealkylation sites (N-methyl/N-ethyl adjacent to an activating group) is 1. The maximum absolute atomic E-state index is 5.63. The Morgan fingerprint density at radius 2 is 2.14 bits per heavy atom. The van der Waals surface area contributed by atoms with Crippen molar-refractivity contribution in [1.29, 1.82) is 0 Å². The zero-order valence-electron chi connectivity index (χ0n) is 14.1. The van der Waals surface area contributed by atoms with Crippen molar-refractivity contribution >= 4 is 0 Å². The third kappa shape index (κ3) is 4.06. The molecule has 3 atom stereocenters. The standard InChI is InChI=1S/C18H30N2O/c1-13-6-7-16(15(3)10-13)17(19-4)11-20-9-8-14(2)18(12-20)21-5/h6-7,10,14,17-19H,8-9,11-12H2,1-5H3. The molecule has 2 rings (SSSR count). The summed E-state index contributed by atoms with van der Waals surface area (Å²) in [5, 5.41) is 3.49. The fraction of sp³-hybridized carbons (Fsp3) is 0.667. The molecule has 3 unspecified atom stereocenters. The number of methoxy groups -OCH3 is 1. The van der Waals surface area contributed by atoms with E-state index >= 15 is 0 Å². The van der Waals surface area contributed by atoms with Crippen molar-refractivity contribution in [3.05, 3.63) is 34.9 Å². The van der Waals surface area contributed by atoms with E-state index in [1.54, 1.807) is 0 Å². The minimum atomic E-state index is 0.371. The lowest BCUT2D eigenvalue weighted by molar-refractivity contribution is -0.00730. The van der Waals surface area contributed by atoms with Crippen LogP contribution in [0.5, 0.6) is 0 Å². The molecule has 0 bridgehead atoms. The highest BCUT2D eigenvalue weighted by molar-refractivity contribution is 5.33. The van der Waals surface area contributed by atoms with Gasteiger partial charge in [0.05, 0.1) is 6.10 Å². The molecule has 21 heavy (non-hydrogen) atoms. The van der Waals surface area contributed by atoms with Gasteiger partial charge in [-0.2, -0.15) is 0 Å². The molecule has 0 aliphatic carbocycles. The molecule has 0 aromatic heterocycles. The van der Waals surface area contributed by atoms with Crippen LogP contribution < -0.4 is 5.32 Å². The van der Waals surface area contributed by atoms with E-state index in [1.165, 1.54) is 29.7 Å². The Hall–Kier alpha value is -0.900. The number of nitrogens with zero attached hydrogens (tertiary/aromatic N) is 1. The molecule has 1 aliphatic heterocycles. The van der Waals surface area contributed by atoms with Gasteiger partial charge in [0.1, 0.15) is 0 Å². The SMILES string of the molecule is CNC(CN1CCC(C)C(OC)C1)c1ccc(C)cc1C. The van der Waals surface area contributed by atoms with Crippen molar-refractivity contribution < 1.29 is 4.74 Å². The van der Waals surface area contributed by atoms with E-state index in [9.17, 15) is 0 Å². The van der Waals surface area contributed by atoms with Gasteiger partial charge >= 0.3 is 0 Å². The summed E-state index contributed by atoms with van der Waals surface area (Å²) in [5.41, 5.74) is 4.12. The molecule has 3 nitrogen and oxygen atoms in total. The highest BCUT2D eigenvalue weighted by atomic mass is 16.5. The molecule has 1 heterocycles. The molecule has 1 aromatic rings. The Balaban J connectivity index is 2.05. The lowest BCUT2D eigenvalue weighted by Gasteiger charge is -2.38. The van der Waals surface area contributed by atoms with E-state index in [4.69, 9.17) is 4.74 Å². The van der Waals surface area contributed by atoms with Crippen molar-refractivity contribution in [2.45, 2.75) is 39.3 Å². The summed E-state index contributed by atoms with van der Waals surface area (Å²) in [6.45, 7) is 9.92. The van der Waals surface area contributed by atoms with Crippen molar-refractivity contribution in [2.75, 3.05) is 33.8 Å². The van der Waals surface area contributed by atoms with Gasteiger partial charge in [0.25, 0.3) is 0 Å². The van der Waals surface area contributed by atoms with Crippen molar-refractivity contribution in [3.63, 3.8) is 0 Å². The predicted molar refractivity (Wildman–Crippen MR) is 88.7 cm³/mol. The average molecular weight is 290 g/mol. The van der Waals surface area contributed by atoms with Crippen LogP contribution in [0.1, 0.15) is 36.1 Å². The minimum absolute atomic E-state index is 0.371. The number of nitrogens with one attached hydrogen (secondary N) is 1. The maximum atomic E-state index is 5.63. The second-order valence-corrected chi connectivity index (χ2v) is 6.50. The van der Waals surface area contributed by atoms with Gasteiger partial charge in [-0.05, 0) is 50.9 Å². The van der Waals surface area contributed by atoms with Crippen LogP contribution in [0, 0.1) is 19.8 Å². The Morgan fingerprint density at radius 3 is 2.76 bits per heavy atom. The number of likely N-dealkylation sites (tertiary alicyclic amines) is 1. The zero-order valence-corrected chi connectivity index (χ0v) is 14.1. The number of hydrogen-bond acceptors (Lipinski definition) is 3. The topological polar surface area (TPSA) is 24.5 Å². The van der Waals surface area contributed by atoms with E-state index in [-0.39, 0.29) is 0 Å². The van der Waals surface area contributed by atoms with Gasteiger partial charge in [0.2, 0.25) is 0 Å². The molecule has 1 fully saturated rings. The van der Waals surface area contributed by atoms with Crippen LogP contribution in [0.3, 0.4) is 0 Å². The fourth-order valence-electron chi connectivity index (χ4n) is 3.39. The number of piperidine rings is 1. The first kappa shape index (κ1) is 16.5. The molecule has 1 N–H and O–H groups in total. The second kappa shape index (κ2) is 7.39. The molecule has 118 valence electrons. The van der Waals surface area contributed by atoms with Crippen LogP contribution in [0.4, 0.5) is 0 Å². The van der Waals surface area contributed by atoms with Crippen LogP contribution in [-0.4, -0.2) is 44.8 Å². The molecular formula is C18H30N2O. The molecule has 1 aliphatic rings. The predicted octanol–water partition coefficient (Wildman–Crippen LogP) is 2.92. The Bertz CT molecular complexity index is 461. The third-order valence-electron chi connectivity index (χ3n) is 4.87. The first-order valence-corrected chi connectivity index (χ1v) is 8.04. The molecule has 1 saturated heterocycles. The second-order valence-electron chi connectivity index (χ2n) is 6.50. The first-order valence-electron chi connectivity index (χ1n) is 8.04. The van der Waals surface area contributed by atoms with Crippen LogP contribution in [0.25, 0.3) is 0 Å². The maximum Gasteiger partial charge on any atom is 0.0724 e. The average Bonchev–Trinajstić information content (AvgIpc) is 2.47. The van der Waals surface area contributed by atoms with Gasteiger partial charge in [-0.25, -0.2) is 0 Å². The fourth-order valence-corrected chi connectivity index (χ4v) is 3.39. The van der Waals surface area contributed by atoms with Gasteiger partial charge in [-0.3, -0.25) is 4.90 Å². The Labute approximate surface area is 129 Å². The lowest BCUT2D eigenvalue weighted by atomic mass is 9.94. The number of benzene rings is 1. The molecule has 0 saturated carbocycles. The third-order valence-corrected chi connectivity index (χ3v) is 4.87. The van der Waals surface area contributed by atoms with E-state index in [0.717, 1.165) is 13.1 Å². The van der Waals surface area contributed by atoms with Crippen molar-refractivity contribution in [2.24, 2.45) is 5.92 Å². The molecule has 0 amide bonds. The summed E-state index contributed by atoms with van der Waals surface area (Å²) in [6, 6.07) is 7.14. The lowest BCUT2D eigenvalue weighted by Crippen LogP contribution is -2.46. The first-order chi connectivity index (χ1) is 10.0. The van der Waals surface area contributed by atoms with E-state index < -0.39 is 0 Å².